The molecule has 0 saturated carbocycles. The first-order valence-electron chi connectivity index (χ1n) is 4.99. The van der Waals surface area contributed by atoms with E-state index in [1.165, 1.54) is 12.1 Å². The van der Waals surface area contributed by atoms with Crippen LogP contribution in [0.3, 0.4) is 0 Å². The fraction of sp³-hybridized carbons (Fsp3) is 0.364. The molecule has 0 aliphatic rings. The summed E-state index contributed by atoms with van der Waals surface area (Å²) in [5, 5.41) is 7.16. The normalized spacial score (nSPS) is 10.1. The van der Waals surface area contributed by atoms with Crippen molar-refractivity contribution in [2.75, 3.05) is 18.1 Å². The zero-order valence-corrected chi connectivity index (χ0v) is 9.94. The Morgan fingerprint density at radius 2 is 2.31 bits per heavy atom. The van der Waals surface area contributed by atoms with Gasteiger partial charge >= 0.3 is 0 Å². The molecule has 0 spiro atoms. The van der Waals surface area contributed by atoms with Crippen LogP contribution in [0.25, 0.3) is 0 Å². The minimum atomic E-state index is -0.478. The minimum Gasteiger partial charge on any atom is -0.490 e. The Morgan fingerprint density at radius 1 is 1.56 bits per heavy atom. The Hall–Kier alpha value is -1.23. The Kier molecular flexibility index (Phi) is 5.11. The van der Waals surface area contributed by atoms with Gasteiger partial charge in [0.2, 0.25) is 0 Å². The predicted octanol–water partition coefficient (Wildman–Crippen LogP) is 2.24. The molecule has 3 N–H and O–H groups in total. The highest BCUT2D eigenvalue weighted by atomic mass is 32.2. The molecular weight excluding hydrogens is 227 g/mol. The van der Waals surface area contributed by atoms with E-state index in [9.17, 15) is 4.39 Å². The fourth-order valence-corrected chi connectivity index (χ4v) is 1.63. The molecule has 0 bridgehead atoms. The van der Waals surface area contributed by atoms with Gasteiger partial charge in [-0.2, -0.15) is 11.8 Å². The van der Waals surface area contributed by atoms with E-state index >= 15 is 0 Å². The molecule has 1 aromatic rings. The second-order valence-corrected chi connectivity index (χ2v) is 4.50. The van der Waals surface area contributed by atoms with Crippen LogP contribution in [0.1, 0.15) is 12.5 Å². The number of halogens is 1. The molecule has 0 fully saturated rings. The molecule has 0 unspecified atom stereocenters. The van der Waals surface area contributed by atoms with E-state index < -0.39 is 5.82 Å². The van der Waals surface area contributed by atoms with Crippen LogP contribution in [-0.4, -0.2) is 23.9 Å². The Balaban J connectivity index is 2.57. The lowest BCUT2D eigenvalue weighted by Gasteiger charge is -2.07. The van der Waals surface area contributed by atoms with Gasteiger partial charge in [-0.3, -0.25) is 5.41 Å². The second kappa shape index (κ2) is 6.37. The van der Waals surface area contributed by atoms with Crippen LogP contribution < -0.4 is 10.5 Å². The van der Waals surface area contributed by atoms with Crippen LogP contribution in [0.15, 0.2) is 18.2 Å². The number of hydrogen-bond acceptors (Lipinski definition) is 3. The molecular formula is C11H15FN2OS. The van der Waals surface area contributed by atoms with E-state index in [0.717, 1.165) is 11.5 Å². The predicted molar refractivity (Wildman–Crippen MR) is 65.9 cm³/mol. The minimum absolute atomic E-state index is 0.146. The van der Waals surface area contributed by atoms with Crippen molar-refractivity contribution in [3.05, 3.63) is 29.6 Å². The lowest BCUT2D eigenvalue weighted by atomic mass is 10.2. The highest BCUT2D eigenvalue weighted by Gasteiger charge is 2.05. The molecule has 0 aliphatic heterocycles. The smallest absolute Gasteiger partial charge is 0.165 e. The maximum absolute atomic E-state index is 13.4. The standard InChI is InChI=1S/C11H15FN2OS/c1-2-16-6-5-15-10-4-3-8(11(13)14)7-9(10)12/h3-4,7H,2,5-6H2,1H3,(H3,13,14). The molecule has 0 amide bonds. The summed E-state index contributed by atoms with van der Waals surface area (Å²) in [5.74, 6) is 1.45. The SMILES string of the molecule is CCSCCOc1ccc(C(=N)N)cc1F. The van der Waals surface area contributed by atoms with Crippen LogP contribution >= 0.6 is 11.8 Å². The van der Waals surface area contributed by atoms with Gasteiger partial charge in [-0.1, -0.05) is 6.92 Å². The van der Waals surface area contributed by atoms with Crippen LogP contribution in [0.2, 0.25) is 0 Å². The van der Waals surface area contributed by atoms with Crippen molar-refractivity contribution in [3.8, 4) is 5.75 Å². The first-order chi connectivity index (χ1) is 7.65. The number of nitrogens with one attached hydrogen (secondary N) is 1. The molecule has 0 saturated heterocycles. The van der Waals surface area contributed by atoms with Crippen molar-refractivity contribution in [1.82, 2.24) is 0 Å². The number of nitrogens with two attached hydrogens (primary N) is 1. The molecule has 0 atom stereocenters. The van der Waals surface area contributed by atoms with Crippen molar-refractivity contribution in [3.63, 3.8) is 0 Å². The lowest BCUT2D eigenvalue weighted by molar-refractivity contribution is 0.325. The molecule has 3 nitrogen and oxygen atoms in total. The average Bonchev–Trinajstić information content (AvgIpc) is 2.26. The number of rotatable bonds is 6. The van der Waals surface area contributed by atoms with Crippen molar-refractivity contribution in [2.24, 2.45) is 5.73 Å². The molecule has 0 heterocycles. The van der Waals surface area contributed by atoms with Crippen molar-refractivity contribution < 1.29 is 9.13 Å². The van der Waals surface area contributed by atoms with Gasteiger partial charge in [0.1, 0.15) is 5.84 Å². The van der Waals surface area contributed by atoms with Crippen molar-refractivity contribution in [2.45, 2.75) is 6.92 Å². The number of nitrogen functional groups attached to an aromatic ring is 1. The number of thioether (sulfide) groups is 1. The number of hydrogen-bond donors (Lipinski definition) is 2. The van der Waals surface area contributed by atoms with Gasteiger partial charge in [0, 0.05) is 11.3 Å². The number of amidine groups is 1. The van der Waals surface area contributed by atoms with Gasteiger partial charge in [-0.15, -0.1) is 0 Å². The summed E-state index contributed by atoms with van der Waals surface area (Å²) in [4.78, 5) is 0. The zero-order chi connectivity index (χ0) is 12.0. The molecule has 0 aliphatic carbocycles. The second-order valence-electron chi connectivity index (χ2n) is 3.10. The Bertz CT molecular complexity index is 371. The van der Waals surface area contributed by atoms with E-state index in [1.54, 1.807) is 17.8 Å². The summed E-state index contributed by atoms with van der Waals surface area (Å²) in [5.41, 5.74) is 5.61. The number of ether oxygens (including phenoxy) is 1. The van der Waals surface area contributed by atoms with Gasteiger partial charge in [-0.25, -0.2) is 4.39 Å². The van der Waals surface area contributed by atoms with E-state index in [4.69, 9.17) is 15.9 Å². The fourth-order valence-electron chi connectivity index (χ4n) is 1.14. The van der Waals surface area contributed by atoms with Gasteiger partial charge < -0.3 is 10.5 Å². The molecule has 5 heteroatoms. The molecule has 88 valence electrons. The Morgan fingerprint density at radius 3 is 2.88 bits per heavy atom. The van der Waals surface area contributed by atoms with E-state index in [1.807, 2.05) is 0 Å². The Labute approximate surface area is 98.7 Å². The topological polar surface area (TPSA) is 59.1 Å². The summed E-state index contributed by atoms with van der Waals surface area (Å²) < 4.78 is 18.7. The summed E-state index contributed by atoms with van der Waals surface area (Å²) in [6.45, 7) is 2.54. The maximum atomic E-state index is 13.4. The van der Waals surface area contributed by atoms with Crippen LogP contribution in [-0.2, 0) is 0 Å². The number of benzene rings is 1. The maximum Gasteiger partial charge on any atom is 0.165 e. The molecule has 1 aromatic carbocycles. The van der Waals surface area contributed by atoms with Gasteiger partial charge in [-0.05, 0) is 24.0 Å². The molecule has 16 heavy (non-hydrogen) atoms. The third-order valence-corrected chi connectivity index (χ3v) is 2.80. The molecule has 1 rings (SSSR count). The first kappa shape index (κ1) is 12.8. The van der Waals surface area contributed by atoms with Crippen LogP contribution in [0, 0.1) is 11.2 Å². The summed E-state index contributed by atoms with van der Waals surface area (Å²) in [6.07, 6.45) is 0. The lowest BCUT2D eigenvalue weighted by Crippen LogP contribution is -2.11. The first-order valence-corrected chi connectivity index (χ1v) is 6.15. The van der Waals surface area contributed by atoms with E-state index in [0.29, 0.717) is 12.2 Å². The van der Waals surface area contributed by atoms with E-state index in [-0.39, 0.29) is 11.6 Å². The van der Waals surface area contributed by atoms with Crippen molar-refractivity contribution in [1.29, 1.82) is 5.41 Å². The highest BCUT2D eigenvalue weighted by molar-refractivity contribution is 7.99. The third kappa shape index (κ3) is 3.73. The summed E-state index contributed by atoms with van der Waals surface area (Å²) in [7, 11) is 0. The third-order valence-electron chi connectivity index (χ3n) is 1.93. The summed E-state index contributed by atoms with van der Waals surface area (Å²) in [6, 6.07) is 4.29. The van der Waals surface area contributed by atoms with E-state index in [2.05, 4.69) is 6.92 Å². The molecule has 0 radical (unpaired) electrons. The molecule has 0 aromatic heterocycles. The van der Waals surface area contributed by atoms with Gasteiger partial charge in [0.15, 0.2) is 11.6 Å². The quantitative estimate of drug-likeness (QED) is 0.457. The van der Waals surface area contributed by atoms with Crippen LogP contribution in [0.4, 0.5) is 4.39 Å². The highest BCUT2D eigenvalue weighted by Crippen LogP contribution is 2.18. The average molecular weight is 242 g/mol. The monoisotopic (exact) mass is 242 g/mol. The van der Waals surface area contributed by atoms with Crippen LogP contribution in [0.5, 0.6) is 5.75 Å². The summed E-state index contributed by atoms with van der Waals surface area (Å²) >= 11 is 1.74. The zero-order valence-electron chi connectivity index (χ0n) is 9.13. The van der Waals surface area contributed by atoms with Crippen molar-refractivity contribution >= 4 is 17.6 Å². The largest absolute Gasteiger partial charge is 0.490 e. The van der Waals surface area contributed by atoms with Gasteiger partial charge in [0.05, 0.1) is 6.61 Å². The van der Waals surface area contributed by atoms with Gasteiger partial charge in [0.25, 0.3) is 0 Å².